The molecular weight excluding hydrogens is 804 g/mol. The molecule has 2 aromatic carbocycles. The number of urea groups is 1. The third kappa shape index (κ3) is 8.41. The summed E-state index contributed by atoms with van der Waals surface area (Å²) in [5, 5.41) is 22.3. The Balaban J connectivity index is 0.804. The molecule has 4 aliphatic rings. The molecule has 0 aliphatic carbocycles. The van der Waals surface area contributed by atoms with Crippen molar-refractivity contribution in [2.45, 2.75) is 83.7 Å². The molecule has 5 aromatic rings. The number of likely N-dealkylation sites (tertiary alicyclic amines) is 2. The number of para-hydroxylation sites is 1. The number of aromatic nitrogens is 4. The maximum atomic E-state index is 16.5. The molecule has 63 heavy (non-hydrogen) atoms. The zero-order valence-corrected chi connectivity index (χ0v) is 36.3. The minimum absolute atomic E-state index is 0.0823. The molecule has 0 radical (unpaired) electrons. The van der Waals surface area contributed by atoms with E-state index in [9.17, 15) is 19.5 Å². The molecule has 330 valence electrons. The number of aromatic hydroxyl groups is 1. The molecule has 0 saturated carbocycles. The number of anilines is 3. The summed E-state index contributed by atoms with van der Waals surface area (Å²) in [7, 11) is 0. The normalized spacial score (nSPS) is 21.3. The largest absolute Gasteiger partial charge is 0.507 e. The Kier molecular flexibility index (Phi) is 11.3. The van der Waals surface area contributed by atoms with Crippen molar-refractivity contribution in [1.82, 2.24) is 34.9 Å². The van der Waals surface area contributed by atoms with E-state index >= 15 is 4.39 Å². The summed E-state index contributed by atoms with van der Waals surface area (Å²) < 4.78 is 25.2. The van der Waals surface area contributed by atoms with E-state index in [0.29, 0.717) is 73.3 Å². The van der Waals surface area contributed by atoms with Crippen molar-refractivity contribution in [3.8, 4) is 17.0 Å². The topological polar surface area (TPSA) is 175 Å². The molecule has 7 heterocycles. The molecule has 9 rings (SSSR count). The molecular formula is C47H55FN10O5. The van der Waals surface area contributed by atoms with Gasteiger partial charge in [-0.1, -0.05) is 18.2 Å². The number of rotatable bonds is 8. The Hall–Kier alpha value is -6.13. The van der Waals surface area contributed by atoms with Gasteiger partial charge in [0.15, 0.2) is 5.82 Å². The number of phenolic OH excluding ortho intramolecular Hbond substituents is 1. The molecule has 0 unspecified atom stereocenters. The number of nitrogens with one attached hydrogen (secondary N) is 1. The number of halogens is 1. The third-order valence-electron chi connectivity index (χ3n) is 13.4. The second kappa shape index (κ2) is 16.9. The van der Waals surface area contributed by atoms with Crippen molar-refractivity contribution in [3.05, 3.63) is 88.7 Å². The fourth-order valence-electron chi connectivity index (χ4n) is 9.92. The second-order valence-corrected chi connectivity index (χ2v) is 17.9. The predicted octanol–water partition coefficient (Wildman–Crippen LogP) is 6.40. The predicted molar refractivity (Wildman–Crippen MR) is 239 cm³/mol. The van der Waals surface area contributed by atoms with Crippen molar-refractivity contribution in [1.29, 1.82) is 0 Å². The van der Waals surface area contributed by atoms with Gasteiger partial charge < -0.3 is 34.8 Å². The number of hydrogen-bond acceptors (Lipinski definition) is 11. The van der Waals surface area contributed by atoms with Crippen LogP contribution >= 0.6 is 0 Å². The summed E-state index contributed by atoms with van der Waals surface area (Å²) in [5.41, 5.74) is 12.8. The van der Waals surface area contributed by atoms with Gasteiger partial charge in [-0.05, 0) is 93.1 Å². The molecule has 15 nitrogen and oxygen atoms in total. The molecule has 4 fully saturated rings. The highest BCUT2D eigenvalue weighted by Crippen LogP contribution is 2.38. The number of ether oxygens (including phenoxy) is 1. The second-order valence-electron chi connectivity index (χ2n) is 17.9. The van der Waals surface area contributed by atoms with E-state index in [1.807, 2.05) is 58.0 Å². The van der Waals surface area contributed by atoms with Gasteiger partial charge in [-0.2, -0.15) is 0 Å². The number of nitrogens with two attached hydrogens (primary N) is 1. The molecule has 4 aliphatic heterocycles. The lowest BCUT2D eigenvalue weighted by molar-refractivity contribution is -0.120. The zero-order chi connectivity index (χ0) is 44.2. The first-order chi connectivity index (χ1) is 30.2. The summed E-state index contributed by atoms with van der Waals surface area (Å²) in [6, 6.07) is 14.6. The summed E-state index contributed by atoms with van der Waals surface area (Å²) in [5.74, 6) is 0.0472. The van der Waals surface area contributed by atoms with Crippen molar-refractivity contribution in [2.75, 3.05) is 67.9 Å². The van der Waals surface area contributed by atoms with Crippen molar-refractivity contribution in [3.63, 3.8) is 0 Å². The monoisotopic (exact) mass is 858 g/mol. The Labute approximate surface area is 366 Å². The Morgan fingerprint density at radius 1 is 0.968 bits per heavy atom. The minimum Gasteiger partial charge on any atom is -0.507 e. The summed E-state index contributed by atoms with van der Waals surface area (Å²) in [6.07, 6.45) is 5.92. The van der Waals surface area contributed by atoms with Crippen LogP contribution in [0.3, 0.4) is 0 Å². The molecule has 0 spiro atoms. The standard InChI is InChI=1S/C47H55FN10O5/c1-28-20-37(29(2)19-35(28)41-26-56(25-31(4)63-41)39-22-38(52-53-43(39)49)34-7-5-6-8-40(34)59)45(61)55-17-12-47(48,13-18-55)27-54-14-9-32(10-15-54)58-24-30(3)36-21-33(23-50-44(36)58)57-16-11-42(60)51-46(57)62/h5-8,19-24,31-32,41,59H,9-18,25-27H2,1-4H3,(H2,49,53)(H,51,60,62)/t31-,41-/m0/s1. The van der Waals surface area contributed by atoms with Crippen LogP contribution in [-0.4, -0.2) is 117 Å². The number of aryl methyl sites for hydroxylation is 3. The van der Waals surface area contributed by atoms with Crippen molar-refractivity contribution >= 4 is 46.1 Å². The van der Waals surface area contributed by atoms with Gasteiger partial charge in [-0.25, -0.2) is 14.2 Å². The highest BCUT2D eigenvalue weighted by molar-refractivity contribution is 6.06. The van der Waals surface area contributed by atoms with E-state index in [0.717, 1.165) is 59.2 Å². The fourth-order valence-corrected chi connectivity index (χ4v) is 9.92. The number of nitrogens with zero attached hydrogens (tertiary/aromatic N) is 8. The van der Waals surface area contributed by atoms with Crippen LogP contribution in [0, 0.1) is 20.8 Å². The molecule has 4 amide bonds. The van der Waals surface area contributed by atoms with Crippen LogP contribution in [0.1, 0.15) is 83.8 Å². The third-order valence-corrected chi connectivity index (χ3v) is 13.4. The van der Waals surface area contributed by atoms with Crippen LogP contribution in [-0.2, 0) is 9.53 Å². The van der Waals surface area contributed by atoms with Crippen LogP contribution in [0.25, 0.3) is 22.3 Å². The lowest BCUT2D eigenvalue weighted by Crippen LogP contribution is -2.51. The number of imide groups is 1. The van der Waals surface area contributed by atoms with Gasteiger partial charge in [0.05, 0.1) is 29.4 Å². The number of nitrogen functional groups attached to an aromatic ring is 1. The maximum Gasteiger partial charge on any atom is 0.328 e. The van der Waals surface area contributed by atoms with Crippen molar-refractivity contribution in [2.24, 2.45) is 0 Å². The van der Waals surface area contributed by atoms with Crippen LogP contribution in [0.15, 0.2) is 60.9 Å². The average molecular weight is 859 g/mol. The molecule has 2 atom stereocenters. The first-order valence-electron chi connectivity index (χ1n) is 22.0. The zero-order valence-electron chi connectivity index (χ0n) is 36.3. The van der Waals surface area contributed by atoms with Gasteiger partial charge in [0.1, 0.15) is 23.2 Å². The Morgan fingerprint density at radius 3 is 2.48 bits per heavy atom. The summed E-state index contributed by atoms with van der Waals surface area (Å²) in [6.45, 7) is 12.0. The number of hydrogen-bond donors (Lipinski definition) is 3. The van der Waals surface area contributed by atoms with E-state index < -0.39 is 11.7 Å². The lowest BCUT2D eigenvalue weighted by Gasteiger charge is -2.41. The molecule has 0 bridgehead atoms. The molecule has 4 saturated heterocycles. The number of fused-ring (bicyclic) bond motifs is 1. The molecule has 3 aromatic heterocycles. The number of carbonyl (C=O) groups is 3. The van der Waals surface area contributed by atoms with Gasteiger partial charge in [-0.3, -0.25) is 19.8 Å². The number of benzene rings is 2. The fraction of sp³-hybridized carbons (Fsp3) is 0.447. The Morgan fingerprint density at radius 2 is 1.73 bits per heavy atom. The van der Waals surface area contributed by atoms with E-state index in [-0.39, 0.29) is 55.1 Å². The molecule has 4 N–H and O–H groups in total. The number of alkyl halides is 1. The van der Waals surface area contributed by atoms with E-state index in [1.165, 1.54) is 0 Å². The highest BCUT2D eigenvalue weighted by Gasteiger charge is 2.39. The van der Waals surface area contributed by atoms with Crippen LogP contribution in [0.2, 0.25) is 0 Å². The number of morpholine rings is 1. The molecule has 16 heteroatoms. The first-order valence-corrected chi connectivity index (χ1v) is 22.0. The van der Waals surface area contributed by atoms with Crippen LogP contribution in [0.5, 0.6) is 5.75 Å². The smallest absolute Gasteiger partial charge is 0.328 e. The summed E-state index contributed by atoms with van der Waals surface area (Å²) in [4.78, 5) is 50.6. The average Bonchev–Trinajstić information content (AvgIpc) is 3.59. The van der Waals surface area contributed by atoms with Gasteiger partial charge in [-0.15, -0.1) is 10.2 Å². The number of carbonyl (C=O) groups excluding carboxylic acids is 3. The van der Waals surface area contributed by atoms with E-state index in [2.05, 4.69) is 36.1 Å². The van der Waals surface area contributed by atoms with Gasteiger partial charge >= 0.3 is 6.03 Å². The SMILES string of the molecule is Cc1cc([C@@H]2CN(c3cc(-c4ccccc4O)nnc3N)C[C@H](C)O2)c(C)cc1C(=O)N1CCC(F)(CN2CCC(n3cc(C)c4cc(N5CCC(=O)NC5=O)cnc43)CC2)CC1. The van der Waals surface area contributed by atoms with E-state index in [4.69, 9.17) is 15.5 Å². The highest BCUT2D eigenvalue weighted by atomic mass is 19.1. The summed E-state index contributed by atoms with van der Waals surface area (Å²) >= 11 is 0. The van der Waals surface area contributed by atoms with E-state index in [1.54, 1.807) is 34.2 Å². The minimum atomic E-state index is -1.38. The number of piperidine rings is 2. The van der Waals surface area contributed by atoms with Gasteiger partial charge in [0, 0.05) is 100 Å². The quantitative estimate of drug-likeness (QED) is 0.158. The number of phenols is 1. The number of pyridine rings is 1. The Bertz CT molecular complexity index is 2580. The van der Waals surface area contributed by atoms with Crippen LogP contribution < -0.4 is 20.9 Å². The van der Waals surface area contributed by atoms with Gasteiger partial charge in [0.25, 0.3) is 5.91 Å². The van der Waals surface area contributed by atoms with Crippen LogP contribution in [0.4, 0.5) is 26.4 Å². The maximum absolute atomic E-state index is 16.5. The van der Waals surface area contributed by atoms with Gasteiger partial charge in [0.2, 0.25) is 5.91 Å². The lowest BCUT2D eigenvalue weighted by atomic mass is 9.90. The first kappa shape index (κ1) is 42.2. The number of amides is 4. The van der Waals surface area contributed by atoms with Crippen molar-refractivity contribution < 1.29 is 28.6 Å².